The van der Waals surface area contributed by atoms with Gasteiger partial charge in [0.1, 0.15) is 5.82 Å². The SMILES string of the molecule is CC1CCCCC1[NH+]1CCN(C(=O)c2cccc(F)c2)CC1. The zero-order chi connectivity index (χ0) is 15.5. The highest BCUT2D eigenvalue weighted by Gasteiger charge is 2.34. The summed E-state index contributed by atoms with van der Waals surface area (Å²) in [5, 5.41) is 0. The predicted octanol–water partition coefficient (Wildman–Crippen LogP) is 1.75. The Labute approximate surface area is 132 Å². The molecule has 2 aliphatic rings. The van der Waals surface area contributed by atoms with Gasteiger partial charge in [-0.3, -0.25) is 4.79 Å². The number of nitrogens with zero attached hydrogens (tertiary/aromatic N) is 1. The maximum atomic E-state index is 13.3. The minimum Gasteiger partial charge on any atom is -0.329 e. The van der Waals surface area contributed by atoms with Crippen LogP contribution in [0.3, 0.4) is 0 Å². The van der Waals surface area contributed by atoms with Crippen molar-refractivity contribution in [2.45, 2.75) is 38.6 Å². The first-order chi connectivity index (χ1) is 10.6. The normalized spacial score (nSPS) is 26.9. The van der Waals surface area contributed by atoms with E-state index >= 15 is 0 Å². The molecular formula is C18H26FN2O+. The second kappa shape index (κ2) is 6.78. The van der Waals surface area contributed by atoms with Crippen LogP contribution in [-0.2, 0) is 0 Å². The minimum atomic E-state index is -0.342. The van der Waals surface area contributed by atoms with Crippen molar-refractivity contribution in [1.29, 1.82) is 0 Å². The van der Waals surface area contributed by atoms with E-state index in [1.54, 1.807) is 17.0 Å². The Hall–Kier alpha value is -1.42. The average Bonchev–Trinajstić information content (AvgIpc) is 2.55. The van der Waals surface area contributed by atoms with E-state index in [0.29, 0.717) is 5.56 Å². The quantitative estimate of drug-likeness (QED) is 0.884. The number of quaternary nitrogens is 1. The van der Waals surface area contributed by atoms with Crippen molar-refractivity contribution in [3.63, 3.8) is 0 Å². The number of benzene rings is 1. The number of nitrogens with one attached hydrogen (secondary N) is 1. The van der Waals surface area contributed by atoms with Crippen LogP contribution in [0.25, 0.3) is 0 Å². The van der Waals surface area contributed by atoms with E-state index in [0.717, 1.165) is 38.1 Å². The largest absolute Gasteiger partial charge is 0.329 e. The van der Waals surface area contributed by atoms with Crippen LogP contribution in [0.1, 0.15) is 43.0 Å². The van der Waals surface area contributed by atoms with E-state index in [9.17, 15) is 9.18 Å². The third-order valence-corrected chi connectivity index (χ3v) is 5.40. The Balaban J connectivity index is 1.58. The monoisotopic (exact) mass is 305 g/mol. The highest BCUT2D eigenvalue weighted by molar-refractivity contribution is 5.94. The van der Waals surface area contributed by atoms with Crippen molar-refractivity contribution in [3.8, 4) is 0 Å². The average molecular weight is 305 g/mol. The number of hydrogen-bond donors (Lipinski definition) is 1. The summed E-state index contributed by atoms with van der Waals surface area (Å²) in [6.45, 7) is 6.00. The first-order valence-electron chi connectivity index (χ1n) is 8.54. The molecule has 0 bridgehead atoms. The Morgan fingerprint density at radius 2 is 1.95 bits per heavy atom. The molecule has 22 heavy (non-hydrogen) atoms. The van der Waals surface area contributed by atoms with Crippen molar-refractivity contribution in [2.75, 3.05) is 26.2 Å². The summed E-state index contributed by atoms with van der Waals surface area (Å²) in [7, 11) is 0. The van der Waals surface area contributed by atoms with Gasteiger partial charge in [0.15, 0.2) is 0 Å². The molecule has 0 aromatic heterocycles. The van der Waals surface area contributed by atoms with Gasteiger partial charge >= 0.3 is 0 Å². The molecular weight excluding hydrogens is 279 g/mol. The van der Waals surface area contributed by atoms with Crippen molar-refractivity contribution in [3.05, 3.63) is 35.6 Å². The molecule has 2 fully saturated rings. The molecule has 1 aliphatic heterocycles. The van der Waals surface area contributed by atoms with Gasteiger partial charge in [0.05, 0.1) is 32.2 Å². The van der Waals surface area contributed by atoms with E-state index < -0.39 is 0 Å². The van der Waals surface area contributed by atoms with Gasteiger partial charge in [0.2, 0.25) is 0 Å². The number of hydrogen-bond acceptors (Lipinski definition) is 1. The van der Waals surface area contributed by atoms with E-state index in [1.165, 1.54) is 37.8 Å². The lowest BCUT2D eigenvalue weighted by molar-refractivity contribution is -0.934. The van der Waals surface area contributed by atoms with Crippen molar-refractivity contribution >= 4 is 5.91 Å². The second-order valence-corrected chi connectivity index (χ2v) is 6.83. The third-order valence-electron chi connectivity index (χ3n) is 5.40. The summed E-state index contributed by atoms with van der Waals surface area (Å²) in [5.41, 5.74) is 0.467. The summed E-state index contributed by atoms with van der Waals surface area (Å²) >= 11 is 0. The third kappa shape index (κ3) is 3.32. The fourth-order valence-electron chi connectivity index (χ4n) is 4.09. The number of amides is 1. The molecule has 1 aromatic rings. The lowest BCUT2D eigenvalue weighted by Gasteiger charge is -2.40. The van der Waals surface area contributed by atoms with Crippen molar-refractivity contribution in [1.82, 2.24) is 4.90 Å². The topological polar surface area (TPSA) is 24.8 Å². The van der Waals surface area contributed by atoms with Gasteiger partial charge < -0.3 is 9.80 Å². The van der Waals surface area contributed by atoms with Crippen molar-refractivity contribution in [2.24, 2.45) is 5.92 Å². The molecule has 0 spiro atoms. The van der Waals surface area contributed by atoms with E-state index in [-0.39, 0.29) is 11.7 Å². The highest BCUT2D eigenvalue weighted by atomic mass is 19.1. The Morgan fingerprint density at radius 1 is 1.23 bits per heavy atom. The first kappa shape index (κ1) is 15.5. The zero-order valence-electron chi connectivity index (χ0n) is 13.4. The number of halogens is 1. The van der Waals surface area contributed by atoms with Crippen LogP contribution < -0.4 is 4.90 Å². The fourth-order valence-corrected chi connectivity index (χ4v) is 4.09. The molecule has 1 amide bonds. The Kier molecular flexibility index (Phi) is 4.77. The van der Waals surface area contributed by atoms with Crippen LogP contribution in [0.15, 0.2) is 24.3 Å². The van der Waals surface area contributed by atoms with Gasteiger partial charge in [-0.25, -0.2) is 4.39 Å². The molecule has 1 aliphatic carbocycles. The van der Waals surface area contributed by atoms with Crippen LogP contribution in [-0.4, -0.2) is 43.0 Å². The molecule has 2 atom stereocenters. The van der Waals surface area contributed by atoms with Crippen LogP contribution in [0, 0.1) is 11.7 Å². The summed E-state index contributed by atoms with van der Waals surface area (Å²) in [4.78, 5) is 16.0. The molecule has 0 radical (unpaired) electrons. The Morgan fingerprint density at radius 3 is 2.64 bits per heavy atom. The maximum Gasteiger partial charge on any atom is 0.254 e. The van der Waals surface area contributed by atoms with E-state index in [4.69, 9.17) is 0 Å². The molecule has 1 saturated heterocycles. The molecule has 1 N–H and O–H groups in total. The number of carbonyl (C=O) groups is 1. The van der Waals surface area contributed by atoms with E-state index in [1.807, 2.05) is 4.90 Å². The molecule has 1 saturated carbocycles. The minimum absolute atomic E-state index is 0.0322. The number of piperazine rings is 1. The lowest BCUT2D eigenvalue weighted by atomic mass is 9.84. The predicted molar refractivity (Wildman–Crippen MR) is 84.4 cm³/mol. The smallest absolute Gasteiger partial charge is 0.254 e. The summed E-state index contributed by atoms with van der Waals surface area (Å²) < 4.78 is 13.3. The molecule has 1 heterocycles. The molecule has 3 nitrogen and oxygen atoms in total. The van der Waals surface area contributed by atoms with Crippen LogP contribution in [0.2, 0.25) is 0 Å². The number of rotatable bonds is 2. The highest BCUT2D eigenvalue weighted by Crippen LogP contribution is 2.22. The molecule has 4 heteroatoms. The van der Waals surface area contributed by atoms with Gasteiger partial charge in [-0.05, 0) is 37.5 Å². The van der Waals surface area contributed by atoms with Crippen LogP contribution in [0.4, 0.5) is 4.39 Å². The summed E-state index contributed by atoms with van der Waals surface area (Å²) in [5.74, 6) is 0.426. The van der Waals surface area contributed by atoms with Crippen LogP contribution >= 0.6 is 0 Å². The molecule has 2 unspecified atom stereocenters. The standard InChI is InChI=1S/C18H25FN2O/c1-14-5-2-3-8-17(14)20-9-11-21(12-10-20)18(22)15-6-4-7-16(19)13-15/h4,6-7,13-14,17H,2-3,5,8-12H2,1H3/p+1. The maximum absolute atomic E-state index is 13.3. The summed E-state index contributed by atoms with van der Waals surface area (Å²) in [6, 6.07) is 6.79. The molecule has 3 rings (SSSR count). The molecule has 1 aromatic carbocycles. The zero-order valence-corrected chi connectivity index (χ0v) is 13.4. The van der Waals surface area contributed by atoms with Crippen molar-refractivity contribution < 1.29 is 14.1 Å². The van der Waals surface area contributed by atoms with Gasteiger partial charge in [-0.15, -0.1) is 0 Å². The number of carbonyl (C=O) groups excluding carboxylic acids is 1. The Bertz CT molecular complexity index is 526. The second-order valence-electron chi connectivity index (χ2n) is 6.83. The molecule has 120 valence electrons. The van der Waals surface area contributed by atoms with E-state index in [2.05, 4.69) is 6.92 Å². The van der Waals surface area contributed by atoms with Crippen LogP contribution in [0.5, 0.6) is 0 Å². The van der Waals surface area contributed by atoms with Gasteiger partial charge in [-0.1, -0.05) is 19.4 Å². The first-order valence-corrected chi connectivity index (χ1v) is 8.54. The van der Waals surface area contributed by atoms with Gasteiger partial charge in [0, 0.05) is 11.5 Å². The fraction of sp³-hybridized carbons (Fsp3) is 0.611. The van der Waals surface area contributed by atoms with Gasteiger partial charge in [-0.2, -0.15) is 0 Å². The van der Waals surface area contributed by atoms with Gasteiger partial charge in [0.25, 0.3) is 5.91 Å². The summed E-state index contributed by atoms with van der Waals surface area (Å²) in [6.07, 6.45) is 5.40. The lowest BCUT2D eigenvalue weighted by Crippen LogP contribution is -3.19.